The number of nitrogens with one attached hydrogen (secondary N) is 1. The lowest BCUT2D eigenvalue weighted by Gasteiger charge is -1.98. The lowest BCUT2D eigenvalue weighted by molar-refractivity contribution is -0.110. The standard InChI is InChI=1S/C13H9ClIN3O/c1-18-6-10(14)12(17-18)5-9-8-4-7(15)2-3-11(8)16-13(9)19/h2-6H,1H3,(H,16,19). The van der Waals surface area contributed by atoms with Crippen molar-refractivity contribution in [2.45, 2.75) is 0 Å². The molecule has 0 aliphatic carbocycles. The van der Waals surface area contributed by atoms with Gasteiger partial charge in [-0.25, -0.2) is 0 Å². The number of benzene rings is 1. The first kappa shape index (κ1) is 12.7. The second-order valence-corrected chi connectivity index (χ2v) is 5.89. The van der Waals surface area contributed by atoms with Gasteiger partial charge < -0.3 is 5.32 Å². The van der Waals surface area contributed by atoms with Gasteiger partial charge in [0.15, 0.2) is 0 Å². The Hall–Kier alpha value is -1.34. The lowest BCUT2D eigenvalue weighted by Crippen LogP contribution is -2.03. The van der Waals surface area contributed by atoms with Gasteiger partial charge in [0, 0.05) is 28.1 Å². The highest BCUT2D eigenvalue weighted by atomic mass is 127. The third kappa shape index (κ3) is 2.28. The van der Waals surface area contributed by atoms with Crippen molar-refractivity contribution in [3.63, 3.8) is 0 Å². The minimum atomic E-state index is -0.126. The molecule has 1 aromatic heterocycles. The van der Waals surface area contributed by atoms with Gasteiger partial charge in [0.1, 0.15) is 5.69 Å². The first-order valence-corrected chi connectivity index (χ1v) is 7.02. The van der Waals surface area contributed by atoms with Crippen molar-refractivity contribution in [3.8, 4) is 0 Å². The molecular formula is C13H9ClIN3O. The molecule has 0 saturated heterocycles. The van der Waals surface area contributed by atoms with Gasteiger partial charge in [0.25, 0.3) is 5.91 Å². The van der Waals surface area contributed by atoms with E-state index in [1.807, 2.05) is 18.2 Å². The number of aromatic nitrogens is 2. The van der Waals surface area contributed by atoms with Gasteiger partial charge in [0.2, 0.25) is 0 Å². The molecule has 0 fully saturated rings. The quantitative estimate of drug-likeness (QED) is 0.605. The van der Waals surface area contributed by atoms with E-state index in [2.05, 4.69) is 33.0 Å². The van der Waals surface area contributed by atoms with Gasteiger partial charge in [-0.2, -0.15) is 5.10 Å². The number of hydrogen-bond acceptors (Lipinski definition) is 2. The topological polar surface area (TPSA) is 46.9 Å². The summed E-state index contributed by atoms with van der Waals surface area (Å²) in [6, 6.07) is 5.82. The fourth-order valence-electron chi connectivity index (χ4n) is 2.01. The van der Waals surface area contributed by atoms with E-state index in [-0.39, 0.29) is 5.91 Å². The van der Waals surface area contributed by atoms with Crippen LogP contribution in [0.1, 0.15) is 11.3 Å². The second kappa shape index (κ2) is 4.64. The zero-order chi connectivity index (χ0) is 13.6. The smallest absolute Gasteiger partial charge is 0.256 e. The molecule has 0 bridgehead atoms. The predicted octanol–water partition coefficient (Wildman–Crippen LogP) is 3.17. The summed E-state index contributed by atoms with van der Waals surface area (Å²) in [4.78, 5) is 12.0. The van der Waals surface area contributed by atoms with Crippen LogP contribution in [-0.4, -0.2) is 15.7 Å². The van der Waals surface area contributed by atoms with Gasteiger partial charge in [-0.3, -0.25) is 9.48 Å². The van der Waals surface area contributed by atoms with Crippen molar-refractivity contribution in [2.24, 2.45) is 7.05 Å². The largest absolute Gasteiger partial charge is 0.321 e. The Morgan fingerprint density at radius 1 is 1.47 bits per heavy atom. The van der Waals surface area contributed by atoms with Crippen molar-refractivity contribution in [2.75, 3.05) is 5.32 Å². The molecule has 1 aliphatic heterocycles. The fourth-order valence-corrected chi connectivity index (χ4v) is 2.74. The molecule has 0 unspecified atom stereocenters. The molecule has 0 radical (unpaired) electrons. The lowest BCUT2D eigenvalue weighted by atomic mass is 10.1. The molecule has 96 valence electrons. The van der Waals surface area contributed by atoms with Crippen LogP contribution in [0.15, 0.2) is 24.4 Å². The summed E-state index contributed by atoms with van der Waals surface area (Å²) in [5.74, 6) is -0.126. The molecule has 19 heavy (non-hydrogen) atoms. The maximum Gasteiger partial charge on any atom is 0.256 e. The Balaban J connectivity index is 2.14. The fraction of sp³-hybridized carbons (Fsp3) is 0.0769. The highest BCUT2D eigenvalue weighted by molar-refractivity contribution is 14.1. The van der Waals surface area contributed by atoms with E-state index in [0.717, 1.165) is 14.8 Å². The first-order valence-electron chi connectivity index (χ1n) is 5.57. The van der Waals surface area contributed by atoms with Crippen molar-refractivity contribution in [1.82, 2.24) is 9.78 Å². The van der Waals surface area contributed by atoms with Gasteiger partial charge in [-0.15, -0.1) is 0 Å². The van der Waals surface area contributed by atoms with E-state index in [9.17, 15) is 4.79 Å². The second-order valence-electron chi connectivity index (χ2n) is 4.24. The molecule has 2 heterocycles. The van der Waals surface area contributed by atoms with Crippen LogP contribution in [0, 0.1) is 3.57 Å². The number of nitrogens with zero attached hydrogens (tertiary/aromatic N) is 2. The van der Waals surface area contributed by atoms with Crippen LogP contribution in [0.3, 0.4) is 0 Å². The summed E-state index contributed by atoms with van der Waals surface area (Å²) in [5.41, 5.74) is 2.90. The highest BCUT2D eigenvalue weighted by Gasteiger charge is 2.24. The van der Waals surface area contributed by atoms with Crippen molar-refractivity contribution in [3.05, 3.63) is 44.2 Å². The first-order chi connectivity index (χ1) is 9.04. The van der Waals surface area contributed by atoms with Crippen LogP contribution in [0.2, 0.25) is 5.02 Å². The average molecular weight is 386 g/mol. The molecule has 1 N–H and O–H groups in total. The van der Waals surface area contributed by atoms with Crippen molar-refractivity contribution >= 4 is 57.4 Å². The van der Waals surface area contributed by atoms with Crippen LogP contribution in [-0.2, 0) is 11.8 Å². The van der Waals surface area contributed by atoms with E-state index in [1.54, 1.807) is 24.0 Å². The number of carbonyl (C=O) groups excluding carboxylic acids is 1. The zero-order valence-electron chi connectivity index (χ0n) is 9.95. The Kier molecular flexibility index (Phi) is 3.10. The summed E-state index contributed by atoms with van der Waals surface area (Å²) in [6.07, 6.45) is 3.43. The van der Waals surface area contributed by atoms with E-state index in [0.29, 0.717) is 16.3 Å². The molecule has 1 amide bonds. The third-order valence-corrected chi connectivity index (χ3v) is 3.82. The average Bonchev–Trinajstić information content (AvgIpc) is 2.81. The van der Waals surface area contributed by atoms with Crippen LogP contribution >= 0.6 is 34.2 Å². The van der Waals surface area contributed by atoms with Crippen molar-refractivity contribution < 1.29 is 4.79 Å². The Bertz CT molecular complexity index is 721. The Labute approximate surface area is 128 Å². The zero-order valence-corrected chi connectivity index (χ0v) is 12.9. The van der Waals surface area contributed by atoms with Crippen molar-refractivity contribution in [1.29, 1.82) is 0 Å². The summed E-state index contributed by atoms with van der Waals surface area (Å²) < 4.78 is 2.70. The maximum atomic E-state index is 12.0. The number of fused-ring (bicyclic) bond motifs is 1. The minimum absolute atomic E-state index is 0.126. The maximum absolute atomic E-state index is 12.0. The van der Waals surface area contributed by atoms with Gasteiger partial charge >= 0.3 is 0 Å². The highest BCUT2D eigenvalue weighted by Crippen LogP contribution is 2.34. The number of carbonyl (C=O) groups is 1. The number of aryl methyl sites for hydroxylation is 1. The summed E-state index contributed by atoms with van der Waals surface area (Å²) >= 11 is 8.29. The molecule has 3 rings (SSSR count). The minimum Gasteiger partial charge on any atom is -0.321 e. The number of amides is 1. The Morgan fingerprint density at radius 3 is 2.95 bits per heavy atom. The molecule has 2 aromatic rings. The predicted molar refractivity (Wildman–Crippen MR) is 83.9 cm³/mol. The summed E-state index contributed by atoms with van der Waals surface area (Å²) in [7, 11) is 1.79. The number of rotatable bonds is 1. The number of anilines is 1. The molecule has 1 aliphatic rings. The van der Waals surface area contributed by atoms with Crippen LogP contribution in [0.4, 0.5) is 5.69 Å². The Morgan fingerprint density at radius 2 is 2.26 bits per heavy atom. The molecule has 0 spiro atoms. The van der Waals surface area contributed by atoms with E-state index in [1.165, 1.54) is 0 Å². The SMILES string of the molecule is Cn1cc(Cl)c(C=C2C(=O)Nc3ccc(I)cc32)n1. The molecule has 0 saturated carbocycles. The molecular weight excluding hydrogens is 377 g/mol. The summed E-state index contributed by atoms with van der Waals surface area (Å²) in [6.45, 7) is 0. The van der Waals surface area contributed by atoms with E-state index < -0.39 is 0 Å². The van der Waals surface area contributed by atoms with Gasteiger partial charge in [0.05, 0.1) is 10.6 Å². The molecule has 0 atom stereocenters. The third-order valence-electron chi connectivity index (χ3n) is 2.86. The van der Waals surface area contributed by atoms with Crippen LogP contribution < -0.4 is 5.32 Å². The number of hydrogen-bond donors (Lipinski definition) is 1. The molecule has 4 nitrogen and oxygen atoms in total. The normalized spacial score (nSPS) is 15.7. The monoisotopic (exact) mass is 385 g/mol. The number of halogens is 2. The van der Waals surface area contributed by atoms with Crippen LogP contribution in [0.25, 0.3) is 11.6 Å². The molecule has 6 heteroatoms. The van der Waals surface area contributed by atoms with E-state index >= 15 is 0 Å². The molecule has 1 aromatic carbocycles. The van der Waals surface area contributed by atoms with Gasteiger partial charge in [-0.05, 0) is 46.9 Å². The van der Waals surface area contributed by atoms with Crippen LogP contribution in [0.5, 0.6) is 0 Å². The van der Waals surface area contributed by atoms with E-state index in [4.69, 9.17) is 11.6 Å². The van der Waals surface area contributed by atoms with Gasteiger partial charge in [-0.1, -0.05) is 11.6 Å². The summed E-state index contributed by atoms with van der Waals surface area (Å²) in [5, 5.41) is 7.59.